The molecule has 0 aromatic rings. The van der Waals surface area contributed by atoms with Crippen molar-refractivity contribution in [2.45, 2.75) is 148 Å². The van der Waals surface area contributed by atoms with Crippen LogP contribution in [0.4, 0.5) is 0 Å². The van der Waals surface area contributed by atoms with Crippen LogP contribution in [-0.2, 0) is 19.1 Å². The number of ether oxygens (including phenoxy) is 2. The second-order valence-electron chi connectivity index (χ2n) is 10.8. The minimum Gasteiger partial charge on any atom is -0.463 e. The molecule has 0 radical (unpaired) electrons. The van der Waals surface area contributed by atoms with Crippen LogP contribution in [-0.4, -0.2) is 47.6 Å². The van der Waals surface area contributed by atoms with Gasteiger partial charge in [-0.05, 0) is 51.4 Å². The second kappa shape index (κ2) is 30.8. The molecular weight excluding hydrogens is 516 g/mol. The molecule has 0 fully saturated rings. The lowest BCUT2D eigenvalue weighted by Crippen LogP contribution is -2.25. The van der Waals surface area contributed by atoms with Crippen LogP contribution in [0.25, 0.3) is 0 Å². The lowest BCUT2D eigenvalue weighted by atomic mass is 10.1. The Morgan fingerprint density at radius 2 is 1.02 bits per heavy atom. The average Bonchev–Trinajstić information content (AvgIpc) is 2.96. The van der Waals surface area contributed by atoms with Gasteiger partial charge in [0.05, 0.1) is 6.10 Å². The molecule has 0 heterocycles. The zero-order valence-electron chi connectivity index (χ0n) is 26.2. The molecule has 0 amide bonds. The van der Waals surface area contributed by atoms with E-state index in [0.717, 1.165) is 64.2 Å². The number of carbonyl (C=O) groups excluding carboxylic acids is 2. The van der Waals surface area contributed by atoms with E-state index in [0.29, 0.717) is 19.3 Å². The zero-order chi connectivity index (χ0) is 30.2. The summed E-state index contributed by atoms with van der Waals surface area (Å²) in [5.41, 5.74) is 0. The minimum atomic E-state index is -0.992. The van der Waals surface area contributed by atoms with Gasteiger partial charge in [-0.1, -0.05) is 120 Å². The van der Waals surface area contributed by atoms with E-state index in [4.69, 9.17) is 9.47 Å². The van der Waals surface area contributed by atoms with Crippen LogP contribution >= 0.6 is 0 Å². The van der Waals surface area contributed by atoms with Crippen molar-refractivity contribution in [3.63, 3.8) is 0 Å². The highest BCUT2D eigenvalue weighted by Gasteiger charge is 2.11. The fourth-order valence-electron chi connectivity index (χ4n) is 4.15. The summed E-state index contributed by atoms with van der Waals surface area (Å²) < 4.78 is 10.2. The third kappa shape index (κ3) is 30.6. The van der Waals surface area contributed by atoms with Crippen LogP contribution in [0.15, 0.2) is 48.6 Å². The third-order valence-electron chi connectivity index (χ3n) is 6.62. The number of unbranched alkanes of at least 4 members (excludes halogenated alkanes) is 9. The Bertz CT molecular complexity index is 724. The van der Waals surface area contributed by atoms with E-state index in [-0.39, 0.29) is 31.3 Å². The normalized spacial score (nSPS) is 13.6. The second-order valence-corrected chi connectivity index (χ2v) is 10.8. The van der Waals surface area contributed by atoms with Crippen LogP contribution < -0.4 is 0 Å². The third-order valence-corrected chi connectivity index (χ3v) is 6.62. The largest absolute Gasteiger partial charge is 0.463 e. The molecule has 0 saturated carbocycles. The van der Waals surface area contributed by atoms with Gasteiger partial charge in [0.2, 0.25) is 0 Å². The molecule has 0 aliphatic carbocycles. The number of allylic oxidation sites excluding steroid dienone is 7. The van der Waals surface area contributed by atoms with Gasteiger partial charge in [-0.3, -0.25) is 9.59 Å². The fourth-order valence-corrected chi connectivity index (χ4v) is 4.15. The average molecular weight is 577 g/mol. The molecule has 2 N–H and O–H groups in total. The number of aliphatic hydroxyl groups excluding tert-OH is 2. The summed E-state index contributed by atoms with van der Waals surface area (Å²) in [7, 11) is 0. The lowest BCUT2D eigenvalue weighted by molar-refractivity contribution is -0.152. The number of aliphatic hydroxyl groups is 2. The van der Waals surface area contributed by atoms with E-state index in [2.05, 4.69) is 56.4 Å². The smallest absolute Gasteiger partial charge is 0.305 e. The van der Waals surface area contributed by atoms with Crippen LogP contribution in [0.5, 0.6) is 0 Å². The fraction of sp³-hybridized carbons (Fsp3) is 0.714. The van der Waals surface area contributed by atoms with Crippen LogP contribution in [0, 0.1) is 0 Å². The van der Waals surface area contributed by atoms with Crippen LogP contribution in [0.3, 0.4) is 0 Å². The SMILES string of the molecule is CCCCCCCCCCCC(=O)OC[C@@H](O)COC(=O)CCC/C=C\C/C=C\C/C=C\C/C=C\CC(O)CCC. The maximum Gasteiger partial charge on any atom is 0.305 e. The Balaban J connectivity index is 3.62. The number of rotatable bonds is 28. The number of hydrogen-bond donors (Lipinski definition) is 2. The molecule has 0 saturated heterocycles. The van der Waals surface area contributed by atoms with Gasteiger partial charge in [0.15, 0.2) is 0 Å². The lowest BCUT2D eigenvalue weighted by Gasteiger charge is -2.12. The maximum atomic E-state index is 11.9. The van der Waals surface area contributed by atoms with Crippen molar-refractivity contribution in [3.05, 3.63) is 48.6 Å². The first kappa shape index (κ1) is 38.8. The van der Waals surface area contributed by atoms with Gasteiger partial charge in [-0.15, -0.1) is 0 Å². The molecule has 6 heteroatoms. The highest BCUT2D eigenvalue weighted by Crippen LogP contribution is 2.11. The summed E-state index contributed by atoms with van der Waals surface area (Å²) in [5.74, 6) is -0.656. The Kier molecular flexibility index (Phi) is 29.1. The summed E-state index contributed by atoms with van der Waals surface area (Å²) in [6.07, 6.45) is 33.7. The van der Waals surface area contributed by atoms with Gasteiger partial charge in [0, 0.05) is 12.8 Å². The molecule has 0 spiro atoms. The highest BCUT2D eigenvalue weighted by atomic mass is 16.6. The number of hydrogen-bond acceptors (Lipinski definition) is 6. The van der Waals surface area contributed by atoms with Gasteiger partial charge in [-0.2, -0.15) is 0 Å². The minimum absolute atomic E-state index is 0.142. The summed E-state index contributed by atoms with van der Waals surface area (Å²) in [6, 6.07) is 0. The van der Waals surface area contributed by atoms with E-state index in [1.165, 1.54) is 38.5 Å². The first-order chi connectivity index (χ1) is 20.0. The Labute approximate surface area is 251 Å². The van der Waals surface area contributed by atoms with E-state index in [1.807, 2.05) is 6.08 Å². The molecule has 0 rings (SSSR count). The van der Waals surface area contributed by atoms with Crippen molar-refractivity contribution >= 4 is 11.9 Å². The molecular formula is C35H60O6. The van der Waals surface area contributed by atoms with Crippen molar-refractivity contribution in [2.24, 2.45) is 0 Å². The highest BCUT2D eigenvalue weighted by molar-refractivity contribution is 5.69. The Morgan fingerprint density at radius 1 is 0.561 bits per heavy atom. The first-order valence-electron chi connectivity index (χ1n) is 16.3. The number of carbonyl (C=O) groups is 2. The molecule has 0 aromatic heterocycles. The van der Waals surface area contributed by atoms with Crippen LogP contribution in [0.2, 0.25) is 0 Å². The van der Waals surface area contributed by atoms with Gasteiger partial charge in [-0.25, -0.2) is 0 Å². The summed E-state index contributed by atoms with van der Waals surface area (Å²) in [5, 5.41) is 19.6. The van der Waals surface area contributed by atoms with E-state index >= 15 is 0 Å². The molecule has 0 aromatic carbocycles. The molecule has 0 aliphatic rings. The quantitative estimate of drug-likeness (QED) is 0.0551. The monoisotopic (exact) mass is 576 g/mol. The van der Waals surface area contributed by atoms with Crippen molar-refractivity contribution in [1.82, 2.24) is 0 Å². The standard InChI is InChI=1S/C35H60O6/c1-3-5-6-7-8-14-18-21-24-28-34(38)40-30-33(37)31-41-35(39)29-25-22-19-16-13-11-9-10-12-15-17-20-23-27-32(36)26-4-2/h9,11-12,15-16,19-20,23,32-33,36-37H,3-8,10,13-14,17-18,21-22,24-31H2,1-2H3/b11-9-,15-12-,19-16-,23-20-/t32?,33-/m1/s1. The molecule has 0 aliphatic heterocycles. The first-order valence-corrected chi connectivity index (χ1v) is 16.3. The van der Waals surface area contributed by atoms with E-state index < -0.39 is 6.10 Å². The summed E-state index contributed by atoms with van der Waals surface area (Å²) >= 11 is 0. The molecule has 0 bridgehead atoms. The molecule has 1 unspecified atom stereocenters. The predicted octanol–water partition coefficient (Wildman–Crippen LogP) is 8.47. The van der Waals surface area contributed by atoms with Crippen molar-refractivity contribution in [2.75, 3.05) is 13.2 Å². The predicted molar refractivity (Wildman–Crippen MR) is 170 cm³/mol. The van der Waals surface area contributed by atoms with Crippen molar-refractivity contribution in [3.8, 4) is 0 Å². The summed E-state index contributed by atoms with van der Waals surface area (Å²) in [4.78, 5) is 23.7. The van der Waals surface area contributed by atoms with Gasteiger partial charge in [0.25, 0.3) is 0 Å². The molecule has 41 heavy (non-hydrogen) atoms. The molecule has 6 nitrogen and oxygen atoms in total. The van der Waals surface area contributed by atoms with Crippen molar-refractivity contribution in [1.29, 1.82) is 0 Å². The van der Waals surface area contributed by atoms with E-state index in [9.17, 15) is 19.8 Å². The van der Waals surface area contributed by atoms with Gasteiger partial charge in [0.1, 0.15) is 19.3 Å². The zero-order valence-corrected chi connectivity index (χ0v) is 26.2. The maximum absolute atomic E-state index is 11.9. The Morgan fingerprint density at radius 3 is 1.56 bits per heavy atom. The molecule has 2 atom stereocenters. The topological polar surface area (TPSA) is 93.1 Å². The van der Waals surface area contributed by atoms with Crippen molar-refractivity contribution < 1.29 is 29.3 Å². The van der Waals surface area contributed by atoms with Gasteiger partial charge >= 0.3 is 11.9 Å². The van der Waals surface area contributed by atoms with E-state index in [1.54, 1.807) is 0 Å². The van der Waals surface area contributed by atoms with Crippen LogP contribution in [0.1, 0.15) is 136 Å². The summed E-state index contributed by atoms with van der Waals surface area (Å²) in [6.45, 7) is 4.00. The Hall–Kier alpha value is -2.18. The number of esters is 2. The van der Waals surface area contributed by atoms with Gasteiger partial charge < -0.3 is 19.7 Å². The molecule has 236 valence electrons.